The van der Waals surface area contributed by atoms with Crippen LogP contribution in [0.1, 0.15) is 140 Å². The predicted octanol–water partition coefficient (Wildman–Crippen LogP) is 4.76. The van der Waals surface area contributed by atoms with Crippen molar-refractivity contribution in [1.82, 2.24) is 20.9 Å². The van der Waals surface area contributed by atoms with E-state index in [0.717, 1.165) is 38.0 Å². The summed E-state index contributed by atoms with van der Waals surface area (Å²) < 4.78 is 5.53. The number of carbonyl (C=O) groups excluding carboxylic acids is 6. The molecule has 0 radical (unpaired) electrons. The lowest BCUT2D eigenvalue weighted by Crippen LogP contribution is -2.60. The van der Waals surface area contributed by atoms with Crippen LogP contribution in [-0.2, 0) is 28.7 Å². The number of primary amides is 1. The Kier molecular flexibility index (Phi) is 17.6. The van der Waals surface area contributed by atoms with E-state index in [-0.39, 0.29) is 5.92 Å². The summed E-state index contributed by atoms with van der Waals surface area (Å²) in [5.74, 6) is -2.68. The Morgan fingerprint density at radius 2 is 1.35 bits per heavy atom. The Morgan fingerprint density at radius 3 is 1.79 bits per heavy atom. The van der Waals surface area contributed by atoms with E-state index < -0.39 is 70.7 Å². The van der Waals surface area contributed by atoms with Crippen molar-refractivity contribution in [3.8, 4) is 0 Å². The van der Waals surface area contributed by atoms with Crippen LogP contribution < -0.4 is 21.7 Å². The summed E-state index contributed by atoms with van der Waals surface area (Å²) in [7, 11) is 0. The first kappa shape index (κ1) is 42.8. The van der Waals surface area contributed by atoms with E-state index in [1.807, 2.05) is 20.8 Å². The molecule has 0 aromatic carbocycles. The van der Waals surface area contributed by atoms with Gasteiger partial charge in [0.2, 0.25) is 17.6 Å². The predicted molar refractivity (Wildman–Crippen MR) is 187 cm³/mol. The summed E-state index contributed by atoms with van der Waals surface area (Å²) in [6, 6.07) is -4.52. The van der Waals surface area contributed by atoms with Gasteiger partial charge in [-0.15, -0.1) is 0 Å². The number of nitrogens with two attached hydrogens (primary N) is 1. The van der Waals surface area contributed by atoms with Crippen LogP contribution in [0.2, 0.25) is 0 Å². The first-order valence-electron chi connectivity index (χ1n) is 18.0. The highest BCUT2D eigenvalue weighted by Crippen LogP contribution is 2.30. The molecule has 1 heterocycles. The smallest absolute Gasteiger partial charge is 0.329 e. The molecule has 276 valence electrons. The Morgan fingerprint density at radius 1 is 0.812 bits per heavy atom. The number of urea groups is 1. The molecule has 2 aliphatic carbocycles. The fraction of sp³-hybridized carbons (Fsp3) is 0.833. The average molecular weight is 680 g/mol. The summed E-state index contributed by atoms with van der Waals surface area (Å²) in [5, 5.41) is 8.03. The molecule has 12 nitrogen and oxygen atoms in total. The van der Waals surface area contributed by atoms with Crippen molar-refractivity contribution >= 4 is 35.5 Å². The number of hydrogen-bond donors (Lipinski definition) is 4. The van der Waals surface area contributed by atoms with E-state index in [0.29, 0.717) is 19.4 Å². The van der Waals surface area contributed by atoms with Crippen LogP contribution in [0.4, 0.5) is 4.79 Å². The van der Waals surface area contributed by atoms with Crippen LogP contribution in [0.25, 0.3) is 0 Å². The third-order valence-electron chi connectivity index (χ3n) is 8.69. The van der Waals surface area contributed by atoms with Gasteiger partial charge in [-0.2, -0.15) is 0 Å². The van der Waals surface area contributed by atoms with Crippen molar-refractivity contribution in [1.29, 1.82) is 0 Å². The molecule has 5 amide bonds. The number of ether oxygens (including phenoxy) is 1. The normalized spacial score (nSPS) is 20.2. The molecule has 12 heteroatoms. The minimum atomic E-state index is -1.15. The van der Waals surface area contributed by atoms with Crippen LogP contribution in [0, 0.1) is 17.3 Å². The first-order valence-corrected chi connectivity index (χ1v) is 18.0. The summed E-state index contributed by atoms with van der Waals surface area (Å²) in [6.45, 7) is 18.9. The van der Waals surface area contributed by atoms with Crippen molar-refractivity contribution in [2.45, 2.75) is 170 Å². The molecule has 3 aliphatic rings. The average Bonchev–Trinajstić information content (AvgIpc) is 3.47. The molecule has 4 unspecified atom stereocenters. The zero-order chi connectivity index (χ0) is 36.8. The third-order valence-corrected chi connectivity index (χ3v) is 8.69. The topological polar surface area (TPSA) is 177 Å². The lowest BCUT2D eigenvalue weighted by Gasteiger charge is -2.36. The molecule has 1 aliphatic heterocycles. The van der Waals surface area contributed by atoms with Gasteiger partial charge in [-0.3, -0.25) is 19.2 Å². The number of amides is 5. The number of hydrogen-bond acceptors (Lipinski definition) is 7. The lowest BCUT2D eigenvalue weighted by molar-refractivity contribution is -0.160. The molecule has 4 atom stereocenters. The van der Waals surface area contributed by atoms with Gasteiger partial charge in [0.05, 0.1) is 6.04 Å². The van der Waals surface area contributed by atoms with Crippen molar-refractivity contribution in [2.75, 3.05) is 6.54 Å². The zero-order valence-corrected chi connectivity index (χ0v) is 31.3. The van der Waals surface area contributed by atoms with Gasteiger partial charge in [-0.25, -0.2) is 9.59 Å². The highest BCUT2D eigenvalue weighted by Gasteiger charge is 2.42. The van der Waals surface area contributed by atoms with Crippen LogP contribution in [0.3, 0.4) is 0 Å². The molecule has 3 rings (SSSR count). The minimum absolute atomic E-state index is 0.138. The molecular formula is C36H65N5O7. The molecular weight excluding hydrogens is 614 g/mol. The highest BCUT2D eigenvalue weighted by atomic mass is 16.6. The van der Waals surface area contributed by atoms with Crippen molar-refractivity contribution < 1.29 is 33.5 Å². The molecule has 0 bridgehead atoms. The second-order valence-electron chi connectivity index (χ2n) is 15.7. The molecule has 0 spiro atoms. The number of ketones is 1. The van der Waals surface area contributed by atoms with Gasteiger partial charge in [0.15, 0.2) is 0 Å². The molecule has 0 aromatic rings. The third kappa shape index (κ3) is 14.5. The van der Waals surface area contributed by atoms with Gasteiger partial charge < -0.3 is 31.3 Å². The van der Waals surface area contributed by atoms with Gasteiger partial charge in [0, 0.05) is 6.54 Å². The lowest BCUT2D eigenvalue weighted by atomic mass is 9.83. The standard InChI is InChI=1S/C28H47N5O7.C5H10.C3H8/c1-16(20(34)22(29)35)30-23(36)18-14-11-15-33(18)24(37)19(17-12-9-8-10-13-17)31-26(39)32-21(27(2,3)4)25(38)40-28(5,6)7;1-5-3-2-4-5;1-3-2/h16-19,21H,8-15H2,1-7H3,(H2,29,35)(H,30,36)(H2,31,32,39);5H,2-4H2,1H3;3H2,1-2H3. The Bertz CT molecular complexity index is 1090. The van der Waals surface area contributed by atoms with Crippen LogP contribution in [0.15, 0.2) is 0 Å². The highest BCUT2D eigenvalue weighted by molar-refractivity contribution is 6.37. The largest absolute Gasteiger partial charge is 0.458 e. The van der Waals surface area contributed by atoms with Gasteiger partial charge in [-0.05, 0) is 70.6 Å². The Labute approximate surface area is 288 Å². The van der Waals surface area contributed by atoms with Gasteiger partial charge in [0.1, 0.15) is 23.7 Å². The van der Waals surface area contributed by atoms with E-state index >= 15 is 0 Å². The summed E-state index contributed by atoms with van der Waals surface area (Å²) in [5.41, 5.74) is 3.63. The number of carbonyl (C=O) groups is 6. The monoisotopic (exact) mass is 679 g/mol. The molecule has 3 fully saturated rings. The van der Waals surface area contributed by atoms with Crippen LogP contribution in [0.5, 0.6) is 0 Å². The fourth-order valence-electron chi connectivity index (χ4n) is 5.84. The maximum absolute atomic E-state index is 13.9. The van der Waals surface area contributed by atoms with Crippen molar-refractivity contribution in [2.24, 2.45) is 23.0 Å². The molecule has 2 saturated carbocycles. The second-order valence-corrected chi connectivity index (χ2v) is 15.7. The van der Waals surface area contributed by atoms with E-state index in [4.69, 9.17) is 10.5 Å². The molecule has 0 aromatic heterocycles. The maximum atomic E-state index is 13.9. The summed E-state index contributed by atoms with van der Waals surface area (Å²) in [4.78, 5) is 77.6. The number of nitrogens with zero attached hydrogens (tertiary/aromatic N) is 1. The number of rotatable bonds is 9. The number of Topliss-reactive ketones (excluding diaryl/α,β-unsaturated/α-hetero) is 1. The minimum Gasteiger partial charge on any atom is -0.458 e. The van der Waals surface area contributed by atoms with Gasteiger partial charge >= 0.3 is 12.0 Å². The molecule has 1 saturated heterocycles. The van der Waals surface area contributed by atoms with E-state index in [9.17, 15) is 28.8 Å². The van der Waals surface area contributed by atoms with E-state index in [1.165, 1.54) is 37.5 Å². The van der Waals surface area contributed by atoms with Gasteiger partial charge in [0.25, 0.3) is 5.91 Å². The van der Waals surface area contributed by atoms with E-state index in [1.54, 1.807) is 20.8 Å². The van der Waals surface area contributed by atoms with Gasteiger partial charge in [-0.1, -0.05) is 86.5 Å². The quantitative estimate of drug-likeness (QED) is 0.200. The molecule has 5 N–H and O–H groups in total. The summed E-state index contributed by atoms with van der Waals surface area (Å²) in [6.07, 6.45) is 11.0. The maximum Gasteiger partial charge on any atom is 0.329 e. The van der Waals surface area contributed by atoms with Crippen LogP contribution >= 0.6 is 0 Å². The number of likely N-dealkylation sites (tertiary alicyclic amines) is 1. The Balaban J connectivity index is 0.00000127. The van der Waals surface area contributed by atoms with Crippen LogP contribution in [-0.4, -0.2) is 76.7 Å². The van der Waals surface area contributed by atoms with Crippen molar-refractivity contribution in [3.63, 3.8) is 0 Å². The fourth-order valence-corrected chi connectivity index (χ4v) is 5.84. The van der Waals surface area contributed by atoms with Crippen molar-refractivity contribution in [3.05, 3.63) is 0 Å². The van der Waals surface area contributed by atoms with E-state index in [2.05, 4.69) is 36.7 Å². The molecule has 48 heavy (non-hydrogen) atoms. The number of nitrogens with one attached hydrogen (secondary N) is 3. The SMILES string of the molecule is CC(NC(=O)C1CCCN1C(=O)C(NC(=O)NC(C(=O)OC(C)(C)C)C(C)(C)C)C1CCCCC1)C(=O)C(N)=O.CC1CCC1.CCC. The zero-order valence-electron chi connectivity index (χ0n) is 31.3. The second kappa shape index (κ2) is 19.7. The first-order chi connectivity index (χ1) is 22.2. The Hall–Kier alpha value is -3.18. The summed E-state index contributed by atoms with van der Waals surface area (Å²) >= 11 is 0. The number of esters is 1.